The molecule has 0 fully saturated rings. The van der Waals surface area contributed by atoms with Crippen molar-refractivity contribution < 1.29 is 58.7 Å². The molecule has 0 unspecified atom stereocenters. The van der Waals surface area contributed by atoms with Crippen LogP contribution in [0.2, 0.25) is 0 Å². The van der Waals surface area contributed by atoms with Gasteiger partial charge < -0.3 is 11.8 Å². The van der Waals surface area contributed by atoms with E-state index in [2.05, 4.69) is 0 Å². The summed E-state index contributed by atoms with van der Waals surface area (Å²) in [6.45, 7) is 1.04. The van der Waals surface area contributed by atoms with Gasteiger partial charge in [-0.2, -0.15) is 8.42 Å². The monoisotopic (exact) mass is 235 g/mol. The van der Waals surface area contributed by atoms with Gasteiger partial charge in [0.15, 0.2) is 0 Å². The molecule has 0 saturated heterocycles. The molecule has 0 rings (SSSR count). The maximum Gasteiger partial charge on any atom is 1.00 e. The summed E-state index contributed by atoms with van der Waals surface area (Å²) in [5.74, 6) is -3.24. The third-order valence-corrected chi connectivity index (χ3v) is 1.81. The molecule has 14 heavy (non-hydrogen) atoms. The fourth-order valence-electron chi connectivity index (χ4n) is 0.631. The van der Waals surface area contributed by atoms with Gasteiger partial charge >= 0.3 is 35.5 Å². The van der Waals surface area contributed by atoms with Gasteiger partial charge in [-0.05, 0) is 0 Å². The minimum Gasteiger partial charge on any atom is -1.00 e. The van der Waals surface area contributed by atoms with E-state index in [-0.39, 0.29) is 31.0 Å². The smallest absolute Gasteiger partial charge is 1.00 e. The van der Waals surface area contributed by atoms with E-state index < -0.39 is 33.8 Å². The number of carbonyl (C=O) groups is 2. The van der Waals surface area contributed by atoms with E-state index >= 15 is 0 Å². The molecule has 0 aliphatic heterocycles. The molecule has 0 aromatic carbocycles. The minimum absolute atomic E-state index is 0. The predicted octanol–water partition coefficient (Wildman–Crippen LogP) is -4.42. The largest absolute Gasteiger partial charge is 1.00 e. The Morgan fingerprint density at radius 3 is 2.14 bits per heavy atom. The molecule has 78 valence electrons. The van der Waals surface area contributed by atoms with Crippen LogP contribution in [0.15, 0.2) is 0 Å². The van der Waals surface area contributed by atoms with Crippen LogP contribution in [0.25, 0.3) is 0 Å². The molecule has 1 amide bonds. The first kappa shape index (κ1) is 16.3. The van der Waals surface area contributed by atoms with Crippen molar-refractivity contribution in [1.29, 1.82) is 0 Å². The third-order valence-electron chi connectivity index (χ3n) is 1.05. The molecule has 0 spiro atoms. The molecule has 1 atom stereocenters. The Morgan fingerprint density at radius 2 is 1.93 bits per heavy atom. The second-order valence-electron chi connectivity index (χ2n) is 2.34. The van der Waals surface area contributed by atoms with Crippen molar-refractivity contribution in [2.45, 2.75) is 13.0 Å². The van der Waals surface area contributed by atoms with Gasteiger partial charge in [0.05, 0.1) is 0 Å². The Balaban J connectivity index is -0.000000720. The average molecular weight is 235 g/mol. The molecule has 0 aliphatic rings. The topological polar surface area (TPSA) is 121 Å². The molecule has 0 aromatic heterocycles. The van der Waals surface area contributed by atoms with Gasteiger partial charge in [-0.15, -0.1) is 0 Å². The van der Waals surface area contributed by atoms with Crippen molar-refractivity contribution in [2.75, 3.05) is 5.75 Å². The number of amides is 1. The molecular formula is C5H10NNaO6S. The van der Waals surface area contributed by atoms with Crippen molar-refractivity contribution in [3.63, 3.8) is 0 Å². The normalized spacial score (nSPS) is 12.4. The van der Waals surface area contributed by atoms with Gasteiger partial charge in [0.25, 0.3) is 10.1 Å². The second-order valence-corrected chi connectivity index (χ2v) is 3.84. The van der Waals surface area contributed by atoms with Gasteiger partial charge in [-0.25, -0.2) is 4.79 Å². The van der Waals surface area contributed by atoms with E-state index in [9.17, 15) is 18.0 Å². The molecule has 9 heteroatoms. The summed E-state index contributed by atoms with van der Waals surface area (Å²) in [6, 6.07) is -1.62. The van der Waals surface area contributed by atoms with Crippen LogP contribution in [0.3, 0.4) is 0 Å². The van der Waals surface area contributed by atoms with Crippen LogP contribution in [0, 0.1) is 0 Å². The zero-order valence-corrected chi connectivity index (χ0v) is 10.5. The molecule has 0 bridgehead atoms. The van der Waals surface area contributed by atoms with Gasteiger partial charge in [0.2, 0.25) is 5.91 Å². The number of carboxylic acid groups (broad SMARTS) is 1. The number of hydrogen-bond donors (Lipinski definition) is 3. The van der Waals surface area contributed by atoms with Gasteiger partial charge in [0, 0.05) is 6.92 Å². The van der Waals surface area contributed by atoms with Crippen molar-refractivity contribution in [2.24, 2.45) is 0 Å². The van der Waals surface area contributed by atoms with E-state index in [1.165, 1.54) is 0 Å². The van der Waals surface area contributed by atoms with Crippen LogP contribution in [0.5, 0.6) is 0 Å². The SMILES string of the molecule is CC(=O)N[C@H](CS(=O)(=O)O)C(=O)O.[H-].[Na+]. The third kappa shape index (κ3) is 8.45. The van der Waals surface area contributed by atoms with E-state index in [1.54, 1.807) is 0 Å². The Morgan fingerprint density at radius 1 is 1.50 bits per heavy atom. The first-order valence-corrected chi connectivity index (χ1v) is 4.78. The van der Waals surface area contributed by atoms with Crippen LogP contribution in [-0.4, -0.2) is 41.7 Å². The zero-order chi connectivity index (χ0) is 10.6. The van der Waals surface area contributed by atoms with Gasteiger partial charge in [-0.3, -0.25) is 9.35 Å². The van der Waals surface area contributed by atoms with Crippen LogP contribution in [-0.2, 0) is 19.7 Å². The quantitative estimate of drug-likeness (QED) is 0.334. The number of carboxylic acids is 1. The summed E-state index contributed by atoms with van der Waals surface area (Å²) in [4.78, 5) is 20.7. The molecule has 3 N–H and O–H groups in total. The van der Waals surface area contributed by atoms with E-state index in [0.29, 0.717) is 0 Å². The van der Waals surface area contributed by atoms with E-state index in [0.717, 1.165) is 6.92 Å². The summed E-state index contributed by atoms with van der Waals surface area (Å²) >= 11 is 0. The Kier molecular flexibility index (Phi) is 7.39. The number of carbonyl (C=O) groups excluding carboxylic acids is 1. The minimum atomic E-state index is -4.41. The van der Waals surface area contributed by atoms with Crippen LogP contribution >= 0.6 is 0 Å². The zero-order valence-electron chi connectivity index (χ0n) is 8.72. The van der Waals surface area contributed by atoms with E-state index in [4.69, 9.17) is 9.66 Å². The maximum atomic E-state index is 10.4. The van der Waals surface area contributed by atoms with E-state index in [1.807, 2.05) is 5.32 Å². The first-order valence-electron chi connectivity index (χ1n) is 3.17. The van der Waals surface area contributed by atoms with Gasteiger partial charge in [0.1, 0.15) is 11.8 Å². The van der Waals surface area contributed by atoms with Crippen LogP contribution in [0.4, 0.5) is 0 Å². The molecule has 0 aromatic rings. The van der Waals surface area contributed by atoms with Gasteiger partial charge in [-0.1, -0.05) is 0 Å². The summed E-state index contributed by atoms with van der Waals surface area (Å²) in [7, 11) is -4.41. The molecule has 0 radical (unpaired) electrons. The summed E-state index contributed by atoms with van der Waals surface area (Å²) < 4.78 is 28.8. The van der Waals surface area contributed by atoms with Crippen molar-refractivity contribution in [3.8, 4) is 0 Å². The van der Waals surface area contributed by atoms with Crippen LogP contribution in [0.1, 0.15) is 8.35 Å². The summed E-state index contributed by atoms with van der Waals surface area (Å²) in [6.07, 6.45) is 0. The number of rotatable bonds is 4. The molecule has 7 nitrogen and oxygen atoms in total. The number of aliphatic carboxylic acids is 1. The second kappa shape index (κ2) is 6.36. The fourth-order valence-corrected chi connectivity index (χ4v) is 1.28. The Hall–Kier alpha value is -0.150. The molecular weight excluding hydrogens is 225 g/mol. The van der Waals surface area contributed by atoms with Crippen LogP contribution < -0.4 is 34.9 Å². The fraction of sp³-hybridized carbons (Fsp3) is 0.600. The number of hydrogen-bond acceptors (Lipinski definition) is 4. The van der Waals surface area contributed by atoms with Crippen molar-refractivity contribution in [1.82, 2.24) is 5.32 Å². The van der Waals surface area contributed by atoms with Crippen molar-refractivity contribution >= 4 is 22.0 Å². The number of nitrogens with one attached hydrogen (secondary N) is 1. The predicted molar refractivity (Wildman–Crippen MR) is 42.8 cm³/mol. The molecule has 0 aliphatic carbocycles. The summed E-state index contributed by atoms with van der Waals surface area (Å²) in [5.41, 5.74) is 0. The summed E-state index contributed by atoms with van der Waals surface area (Å²) in [5, 5.41) is 10.3. The van der Waals surface area contributed by atoms with Crippen molar-refractivity contribution in [3.05, 3.63) is 0 Å². The first-order chi connectivity index (χ1) is 5.72. The molecule has 0 heterocycles. The Labute approximate surface area is 104 Å². The Bertz CT molecular complexity index is 317. The maximum absolute atomic E-state index is 10.4. The molecule has 0 saturated carbocycles. The standard InChI is InChI=1S/C5H9NO6S.Na.H/c1-3(7)6-4(5(8)9)2-13(10,11)12;;/h4H,2H2,1H3,(H,6,7)(H,8,9)(H,10,11,12);;/q;+1;-1/t4-;;/m1../s1. The average Bonchev–Trinajstić information content (AvgIpc) is 1.81.